The number of rotatable bonds is 6. The number of nitrogens with two attached hydrogens (primary N) is 1. The fourth-order valence-corrected chi connectivity index (χ4v) is 4.16. The number of aromatic nitrogens is 1. The van der Waals surface area contributed by atoms with Gasteiger partial charge in [-0.15, -0.1) is 22.7 Å². The molecule has 0 saturated heterocycles. The van der Waals surface area contributed by atoms with E-state index in [1.807, 2.05) is 17.5 Å². The number of amides is 1. The lowest BCUT2D eigenvalue weighted by Crippen LogP contribution is -2.42. The second-order valence-corrected chi connectivity index (χ2v) is 7.74. The molecule has 1 atom stereocenters. The monoisotopic (exact) mass is 341 g/mol. The number of hydrogen-bond acceptors (Lipinski definition) is 5. The van der Waals surface area contributed by atoms with Gasteiger partial charge in [0.1, 0.15) is 5.01 Å². The van der Waals surface area contributed by atoms with Gasteiger partial charge in [0.15, 0.2) is 0 Å². The summed E-state index contributed by atoms with van der Waals surface area (Å²) in [5.41, 5.74) is 6.49. The van der Waals surface area contributed by atoms with E-state index in [0.717, 1.165) is 19.9 Å². The van der Waals surface area contributed by atoms with Gasteiger partial charge in [-0.1, -0.05) is 11.6 Å². The molecule has 3 rings (SSSR count). The summed E-state index contributed by atoms with van der Waals surface area (Å²) in [6, 6.07) is 3.93. The number of nitrogens with zero attached hydrogens (tertiary/aromatic N) is 1. The predicted octanol–water partition coefficient (Wildman–Crippen LogP) is 2.92. The van der Waals surface area contributed by atoms with Crippen molar-refractivity contribution in [2.45, 2.75) is 25.3 Å². The summed E-state index contributed by atoms with van der Waals surface area (Å²) in [6.45, 7) is 0.506. The molecule has 2 aromatic rings. The molecule has 112 valence electrons. The molecule has 3 N–H and O–H groups in total. The van der Waals surface area contributed by atoms with Crippen LogP contribution in [-0.4, -0.2) is 23.5 Å². The molecule has 7 heteroatoms. The topological polar surface area (TPSA) is 68.0 Å². The Kier molecular flexibility index (Phi) is 4.59. The first-order valence-electron chi connectivity index (χ1n) is 6.85. The molecule has 1 saturated carbocycles. The summed E-state index contributed by atoms with van der Waals surface area (Å²) < 4.78 is 0.745. The zero-order valence-corrected chi connectivity index (χ0v) is 13.7. The lowest BCUT2D eigenvalue weighted by Gasteiger charge is -2.15. The Bertz CT molecular complexity index is 636. The maximum atomic E-state index is 12.0. The number of hydrogen-bond donors (Lipinski definition) is 2. The van der Waals surface area contributed by atoms with Crippen LogP contribution in [0.4, 0.5) is 0 Å². The van der Waals surface area contributed by atoms with Crippen molar-refractivity contribution >= 4 is 40.2 Å². The molecular weight excluding hydrogens is 326 g/mol. The number of carbonyl (C=O) groups is 1. The van der Waals surface area contributed by atoms with Gasteiger partial charge in [0, 0.05) is 18.0 Å². The molecule has 0 aromatic carbocycles. The Morgan fingerprint density at radius 3 is 2.95 bits per heavy atom. The molecule has 2 aromatic heterocycles. The molecule has 1 fully saturated rings. The van der Waals surface area contributed by atoms with E-state index in [0.29, 0.717) is 18.9 Å². The van der Waals surface area contributed by atoms with Crippen LogP contribution in [0.15, 0.2) is 17.5 Å². The first-order chi connectivity index (χ1) is 10.2. The highest BCUT2D eigenvalue weighted by molar-refractivity contribution is 7.23. The van der Waals surface area contributed by atoms with Crippen LogP contribution in [0.25, 0.3) is 9.88 Å². The Morgan fingerprint density at radius 1 is 1.52 bits per heavy atom. The minimum Gasteiger partial charge on any atom is -0.351 e. The normalized spacial score (nSPS) is 15.9. The van der Waals surface area contributed by atoms with Crippen molar-refractivity contribution in [3.8, 4) is 9.88 Å². The Labute approximate surface area is 136 Å². The van der Waals surface area contributed by atoms with E-state index in [4.69, 9.17) is 17.3 Å². The van der Waals surface area contributed by atoms with Gasteiger partial charge in [0.05, 0.1) is 21.3 Å². The van der Waals surface area contributed by atoms with E-state index in [2.05, 4.69) is 10.3 Å². The van der Waals surface area contributed by atoms with Crippen molar-refractivity contribution in [2.75, 3.05) is 6.54 Å². The van der Waals surface area contributed by atoms with E-state index >= 15 is 0 Å². The van der Waals surface area contributed by atoms with Crippen LogP contribution in [-0.2, 0) is 11.2 Å². The highest BCUT2D eigenvalue weighted by atomic mass is 35.5. The molecular formula is C14H16ClN3OS2. The van der Waals surface area contributed by atoms with Crippen LogP contribution in [0.5, 0.6) is 0 Å². The van der Waals surface area contributed by atoms with Gasteiger partial charge >= 0.3 is 0 Å². The van der Waals surface area contributed by atoms with Gasteiger partial charge in [-0.05, 0) is 30.9 Å². The minimum absolute atomic E-state index is 0.00147. The van der Waals surface area contributed by atoms with Gasteiger partial charge < -0.3 is 11.1 Å². The van der Waals surface area contributed by atoms with Crippen molar-refractivity contribution in [1.29, 1.82) is 0 Å². The van der Waals surface area contributed by atoms with Crippen molar-refractivity contribution in [1.82, 2.24) is 10.3 Å². The maximum Gasteiger partial charge on any atom is 0.226 e. The SMILES string of the molecule is NCC(NC(=O)Cc1csc(-c2ccc(Cl)s2)n1)C1CC1. The molecule has 4 nitrogen and oxygen atoms in total. The lowest BCUT2D eigenvalue weighted by molar-refractivity contribution is -0.121. The standard InChI is InChI=1S/C14H16ClN3OS2/c15-12-4-3-11(21-12)14-17-9(7-20-14)5-13(19)18-10(6-16)8-1-2-8/h3-4,7-8,10H,1-2,5-6,16H2,(H,18,19). The third-order valence-electron chi connectivity index (χ3n) is 3.47. The van der Waals surface area contributed by atoms with E-state index in [-0.39, 0.29) is 11.9 Å². The number of thiazole rings is 1. The molecule has 0 bridgehead atoms. The number of nitrogens with one attached hydrogen (secondary N) is 1. The molecule has 1 aliphatic carbocycles. The predicted molar refractivity (Wildman–Crippen MR) is 87.9 cm³/mol. The number of carbonyl (C=O) groups excluding carboxylic acids is 1. The molecule has 0 radical (unpaired) electrons. The van der Waals surface area contributed by atoms with E-state index in [1.165, 1.54) is 35.5 Å². The van der Waals surface area contributed by atoms with Crippen LogP contribution in [0.2, 0.25) is 4.34 Å². The largest absolute Gasteiger partial charge is 0.351 e. The molecule has 0 spiro atoms. The highest BCUT2D eigenvalue weighted by Crippen LogP contribution is 2.33. The summed E-state index contributed by atoms with van der Waals surface area (Å²) in [7, 11) is 0. The zero-order chi connectivity index (χ0) is 14.8. The zero-order valence-electron chi connectivity index (χ0n) is 11.3. The van der Waals surface area contributed by atoms with Crippen molar-refractivity contribution in [3.63, 3.8) is 0 Å². The second-order valence-electron chi connectivity index (χ2n) is 5.17. The second kappa shape index (κ2) is 6.44. The summed E-state index contributed by atoms with van der Waals surface area (Å²) in [5.74, 6) is 0.566. The highest BCUT2D eigenvalue weighted by Gasteiger charge is 2.31. The van der Waals surface area contributed by atoms with Crippen LogP contribution >= 0.6 is 34.3 Å². The smallest absolute Gasteiger partial charge is 0.226 e. The average Bonchev–Trinajstić information content (AvgIpc) is 3.05. The molecule has 21 heavy (non-hydrogen) atoms. The molecule has 1 aliphatic rings. The Hall–Kier alpha value is -0.950. The molecule has 0 aliphatic heterocycles. The molecule has 2 heterocycles. The van der Waals surface area contributed by atoms with E-state index in [9.17, 15) is 4.79 Å². The molecule has 1 amide bonds. The van der Waals surface area contributed by atoms with Crippen molar-refractivity contribution in [2.24, 2.45) is 11.7 Å². The van der Waals surface area contributed by atoms with Crippen LogP contribution in [0, 0.1) is 5.92 Å². The summed E-state index contributed by atoms with van der Waals surface area (Å²) in [4.78, 5) is 17.6. The Balaban J connectivity index is 1.60. The average molecular weight is 342 g/mol. The minimum atomic E-state index is -0.00147. The van der Waals surface area contributed by atoms with Crippen LogP contribution < -0.4 is 11.1 Å². The van der Waals surface area contributed by atoms with Gasteiger partial charge in [-0.25, -0.2) is 4.98 Å². The fourth-order valence-electron chi connectivity index (χ4n) is 2.22. The van der Waals surface area contributed by atoms with Gasteiger partial charge in [-0.3, -0.25) is 4.79 Å². The first kappa shape index (κ1) is 15.0. The van der Waals surface area contributed by atoms with Crippen molar-refractivity contribution in [3.05, 3.63) is 27.5 Å². The van der Waals surface area contributed by atoms with Crippen molar-refractivity contribution < 1.29 is 4.79 Å². The fraction of sp³-hybridized carbons (Fsp3) is 0.429. The third-order valence-corrected chi connectivity index (χ3v) is 5.76. The number of thiophene rings is 1. The third kappa shape index (κ3) is 3.83. The van der Waals surface area contributed by atoms with E-state index in [1.54, 1.807) is 0 Å². The van der Waals surface area contributed by atoms with Gasteiger partial charge in [0.25, 0.3) is 0 Å². The number of halogens is 1. The van der Waals surface area contributed by atoms with E-state index < -0.39 is 0 Å². The lowest BCUT2D eigenvalue weighted by atomic mass is 10.2. The molecule has 1 unspecified atom stereocenters. The quantitative estimate of drug-likeness (QED) is 0.848. The summed E-state index contributed by atoms with van der Waals surface area (Å²) in [5, 5.41) is 5.85. The van der Waals surface area contributed by atoms with Crippen LogP contribution in [0.3, 0.4) is 0 Å². The first-order valence-corrected chi connectivity index (χ1v) is 8.92. The maximum absolute atomic E-state index is 12.0. The van der Waals surface area contributed by atoms with Gasteiger partial charge in [0.2, 0.25) is 5.91 Å². The summed E-state index contributed by atoms with van der Waals surface area (Å²) >= 11 is 8.96. The Morgan fingerprint density at radius 2 is 2.33 bits per heavy atom. The van der Waals surface area contributed by atoms with Crippen LogP contribution in [0.1, 0.15) is 18.5 Å². The summed E-state index contributed by atoms with van der Waals surface area (Å²) in [6.07, 6.45) is 2.64. The van der Waals surface area contributed by atoms with Gasteiger partial charge in [-0.2, -0.15) is 0 Å².